The topological polar surface area (TPSA) is 92.5 Å². The fourth-order valence-electron chi connectivity index (χ4n) is 0. The summed E-state index contributed by atoms with van der Waals surface area (Å²) in [4.78, 5) is 0. The Morgan fingerprint density at radius 2 is 1.20 bits per heavy atom. The van der Waals surface area contributed by atoms with Crippen LogP contribution in [-0.2, 0) is 0 Å². The van der Waals surface area contributed by atoms with Crippen molar-refractivity contribution in [3.05, 3.63) is 0 Å². The SMILES string of the molecule is NC(N)(O)O. The van der Waals surface area contributed by atoms with Gasteiger partial charge >= 0.3 is 0 Å². The molecule has 0 rings (SSSR count). The molecule has 5 heavy (non-hydrogen) atoms. The fourth-order valence-corrected chi connectivity index (χ4v) is 0. The van der Waals surface area contributed by atoms with Crippen molar-refractivity contribution in [3.63, 3.8) is 0 Å². The average Bonchev–Trinajstić information content (AvgIpc) is 0.722. The van der Waals surface area contributed by atoms with Gasteiger partial charge in [-0.25, -0.2) is 0 Å². The van der Waals surface area contributed by atoms with Crippen LogP contribution < -0.4 is 11.5 Å². The van der Waals surface area contributed by atoms with Crippen molar-refractivity contribution >= 4 is 0 Å². The van der Waals surface area contributed by atoms with Gasteiger partial charge in [-0.3, -0.25) is 11.5 Å². The van der Waals surface area contributed by atoms with Gasteiger partial charge in [0.25, 0.3) is 6.03 Å². The molecule has 0 aromatic carbocycles. The molecule has 6 N–H and O–H groups in total. The monoisotopic (exact) mass is 78.0 g/mol. The van der Waals surface area contributed by atoms with E-state index in [1.807, 2.05) is 0 Å². The maximum Gasteiger partial charge on any atom is 0.281 e. The predicted molar refractivity (Wildman–Crippen MR) is 15.5 cm³/mol. The summed E-state index contributed by atoms with van der Waals surface area (Å²) in [5, 5.41) is 15.3. The van der Waals surface area contributed by atoms with Crippen LogP contribution in [0.1, 0.15) is 0 Å². The van der Waals surface area contributed by atoms with E-state index in [2.05, 4.69) is 11.5 Å². The van der Waals surface area contributed by atoms with Gasteiger partial charge in [0, 0.05) is 0 Å². The second-order valence-electron chi connectivity index (χ2n) is 0.783. The van der Waals surface area contributed by atoms with Crippen LogP contribution in [-0.4, -0.2) is 16.2 Å². The van der Waals surface area contributed by atoms with E-state index in [4.69, 9.17) is 10.2 Å². The lowest BCUT2D eigenvalue weighted by Gasteiger charge is -2.03. The molecule has 0 aliphatic rings. The highest BCUT2D eigenvalue weighted by Gasteiger charge is 2.01. The summed E-state index contributed by atoms with van der Waals surface area (Å²) >= 11 is 0. The Morgan fingerprint density at radius 1 is 1.20 bits per heavy atom. The van der Waals surface area contributed by atoms with E-state index in [1.54, 1.807) is 0 Å². The summed E-state index contributed by atoms with van der Waals surface area (Å²) in [7, 11) is 0. The summed E-state index contributed by atoms with van der Waals surface area (Å²) in [6.07, 6.45) is 0. The maximum atomic E-state index is 7.63. The van der Waals surface area contributed by atoms with Gasteiger partial charge in [-0.2, -0.15) is 0 Å². The van der Waals surface area contributed by atoms with E-state index < -0.39 is 6.03 Å². The largest absolute Gasteiger partial charge is 0.341 e. The molecule has 0 fully saturated rings. The molecule has 0 amide bonds. The number of hydrogen-bond donors (Lipinski definition) is 4. The molecule has 0 aliphatic carbocycles. The summed E-state index contributed by atoms with van der Waals surface area (Å²) in [6, 6.07) is -2.50. The first-order chi connectivity index (χ1) is 2.00. The third kappa shape index (κ3) is 508. The normalized spacial score (nSPS) is 12.0. The second-order valence-corrected chi connectivity index (χ2v) is 0.783. The zero-order chi connectivity index (χ0) is 4.50. The Bertz CT molecular complexity index is 23.1. The summed E-state index contributed by atoms with van der Waals surface area (Å²) in [5.41, 5.74) is 8.49. The molecule has 0 saturated heterocycles. The van der Waals surface area contributed by atoms with Crippen LogP contribution in [0.3, 0.4) is 0 Å². The zero-order valence-electron chi connectivity index (χ0n) is 2.55. The summed E-state index contributed by atoms with van der Waals surface area (Å²) in [5.74, 6) is 0. The van der Waals surface area contributed by atoms with Gasteiger partial charge < -0.3 is 10.2 Å². The highest BCUT2D eigenvalue weighted by atomic mass is 16.5. The van der Waals surface area contributed by atoms with Crippen LogP contribution in [0, 0.1) is 0 Å². The fraction of sp³-hybridized carbons (Fsp3) is 1.00. The molecule has 0 bridgehead atoms. The molecule has 0 radical (unpaired) electrons. The Kier molecular flexibility index (Phi) is 0.879. The Balaban J connectivity index is 3.02. The molecule has 0 aliphatic heterocycles. The van der Waals surface area contributed by atoms with Crippen LogP contribution in [0.2, 0.25) is 0 Å². The minimum Gasteiger partial charge on any atom is -0.341 e. The van der Waals surface area contributed by atoms with Gasteiger partial charge in [-0.05, 0) is 0 Å². The number of rotatable bonds is 0. The van der Waals surface area contributed by atoms with E-state index in [9.17, 15) is 0 Å². The van der Waals surface area contributed by atoms with Gasteiger partial charge in [0.05, 0.1) is 0 Å². The molecule has 0 saturated carbocycles. The molecule has 0 aromatic heterocycles. The van der Waals surface area contributed by atoms with Gasteiger partial charge in [0.1, 0.15) is 0 Å². The van der Waals surface area contributed by atoms with Crippen molar-refractivity contribution in [3.8, 4) is 0 Å². The van der Waals surface area contributed by atoms with Gasteiger partial charge in [-0.1, -0.05) is 0 Å². The van der Waals surface area contributed by atoms with Crippen LogP contribution in [0.15, 0.2) is 0 Å². The Morgan fingerprint density at radius 3 is 1.20 bits per heavy atom. The van der Waals surface area contributed by atoms with Crippen molar-refractivity contribution in [1.29, 1.82) is 0 Å². The van der Waals surface area contributed by atoms with E-state index in [1.165, 1.54) is 0 Å². The van der Waals surface area contributed by atoms with Crippen molar-refractivity contribution in [2.24, 2.45) is 11.5 Å². The minimum atomic E-state index is -2.50. The first-order valence-electron chi connectivity index (χ1n) is 1.02. The van der Waals surface area contributed by atoms with Crippen LogP contribution >= 0.6 is 0 Å². The molecular formula is CH6N2O2. The number of nitrogens with two attached hydrogens (primary N) is 2. The lowest BCUT2D eigenvalue weighted by atomic mass is 11.0. The van der Waals surface area contributed by atoms with E-state index in [0.717, 1.165) is 0 Å². The Hall–Kier alpha value is -0.160. The van der Waals surface area contributed by atoms with E-state index in [-0.39, 0.29) is 0 Å². The van der Waals surface area contributed by atoms with Crippen molar-refractivity contribution in [2.45, 2.75) is 6.03 Å². The molecule has 0 atom stereocenters. The van der Waals surface area contributed by atoms with Gasteiger partial charge in [0.2, 0.25) is 0 Å². The van der Waals surface area contributed by atoms with Gasteiger partial charge in [0.15, 0.2) is 0 Å². The molecule has 0 unspecified atom stereocenters. The first-order valence-corrected chi connectivity index (χ1v) is 1.02. The molecule has 0 aromatic rings. The van der Waals surface area contributed by atoms with E-state index in [0.29, 0.717) is 0 Å². The molecule has 4 heteroatoms. The quantitative estimate of drug-likeness (QED) is 0.241. The average molecular weight is 78.1 g/mol. The predicted octanol–water partition coefficient (Wildman–Crippen LogP) is -2.50. The lowest BCUT2D eigenvalue weighted by Crippen LogP contribution is -2.48. The number of hydrogen-bond acceptors (Lipinski definition) is 4. The summed E-state index contributed by atoms with van der Waals surface area (Å²) < 4.78 is 0. The molecular weight excluding hydrogens is 72.0 g/mol. The first kappa shape index (κ1) is 4.84. The smallest absolute Gasteiger partial charge is 0.281 e. The maximum absolute atomic E-state index is 7.63. The third-order valence-electron chi connectivity index (χ3n) is 0. The zero-order valence-corrected chi connectivity index (χ0v) is 2.55. The molecule has 32 valence electrons. The van der Waals surface area contributed by atoms with E-state index >= 15 is 0 Å². The highest BCUT2D eigenvalue weighted by Crippen LogP contribution is 1.61. The second kappa shape index (κ2) is 0.908. The molecule has 4 nitrogen and oxygen atoms in total. The van der Waals surface area contributed by atoms with Crippen LogP contribution in [0.25, 0.3) is 0 Å². The van der Waals surface area contributed by atoms with Crippen LogP contribution in [0.5, 0.6) is 0 Å². The third-order valence-corrected chi connectivity index (χ3v) is 0. The number of aliphatic hydroxyl groups is 2. The molecule has 0 spiro atoms. The highest BCUT2D eigenvalue weighted by molar-refractivity contribution is 4.29. The van der Waals surface area contributed by atoms with Crippen molar-refractivity contribution in [2.75, 3.05) is 0 Å². The Labute approximate surface area is 29.0 Å². The summed E-state index contributed by atoms with van der Waals surface area (Å²) in [6.45, 7) is 0. The van der Waals surface area contributed by atoms with Crippen molar-refractivity contribution < 1.29 is 10.2 Å². The van der Waals surface area contributed by atoms with Crippen LogP contribution in [0.4, 0.5) is 0 Å². The lowest BCUT2D eigenvalue weighted by molar-refractivity contribution is -0.149. The van der Waals surface area contributed by atoms with Gasteiger partial charge in [-0.15, -0.1) is 0 Å². The molecule has 0 heterocycles. The minimum absolute atomic E-state index is 2.50. The van der Waals surface area contributed by atoms with Crippen molar-refractivity contribution in [1.82, 2.24) is 0 Å². The standard InChI is InChI=1S/CH6N2O2/c2-1(3,4)5/h4-5H,2-3H2.